The zero-order chi connectivity index (χ0) is 20.4. The highest BCUT2D eigenvalue weighted by Crippen LogP contribution is 2.80. The van der Waals surface area contributed by atoms with E-state index < -0.39 is 11.6 Å². The van der Waals surface area contributed by atoms with Gasteiger partial charge in [0.1, 0.15) is 5.60 Å². The first-order chi connectivity index (χ1) is 13.7. The molecule has 1 aliphatic heterocycles. The molecule has 5 aliphatic carbocycles. The van der Waals surface area contributed by atoms with Gasteiger partial charge < -0.3 is 14.9 Å². The van der Waals surface area contributed by atoms with E-state index in [1.807, 2.05) is 6.08 Å². The molecule has 9 atom stereocenters. The van der Waals surface area contributed by atoms with Gasteiger partial charge in [0, 0.05) is 23.7 Å². The summed E-state index contributed by atoms with van der Waals surface area (Å²) in [6.07, 6.45) is 8.92. The fourth-order valence-corrected chi connectivity index (χ4v) is 9.28. The van der Waals surface area contributed by atoms with Crippen LogP contribution in [0, 0.1) is 34.5 Å². The number of rotatable bonds is 3. The van der Waals surface area contributed by atoms with Gasteiger partial charge in [-0.05, 0) is 74.7 Å². The standard InChI is InChI=1S/C24H32O5/c1-21-9-7-14(25)11-13(21)3-5-17-20-15-4-6-16(15)23(28,10-8-19(26)27)22(20,2)12-18-24(17,21)29-18/h11,15-18,20,28H,3-10,12H2,1-2H3,(H,26,27)/t15-,16+,17+,18-,20+,21+,22+,23-,24+/m1/s1. The lowest BCUT2D eigenvalue weighted by Gasteiger charge is -2.57. The van der Waals surface area contributed by atoms with Crippen LogP contribution in [0.1, 0.15) is 71.6 Å². The van der Waals surface area contributed by atoms with E-state index in [1.165, 1.54) is 5.57 Å². The lowest BCUT2D eigenvalue weighted by Crippen LogP contribution is -2.60. The first kappa shape index (κ1) is 18.6. The van der Waals surface area contributed by atoms with Gasteiger partial charge in [-0.25, -0.2) is 0 Å². The van der Waals surface area contributed by atoms with E-state index in [0.29, 0.717) is 30.6 Å². The molecule has 0 aromatic carbocycles. The summed E-state index contributed by atoms with van der Waals surface area (Å²) < 4.78 is 6.63. The Kier molecular flexibility index (Phi) is 3.42. The van der Waals surface area contributed by atoms with Crippen LogP contribution >= 0.6 is 0 Å². The summed E-state index contributed by atoms with van der Waals surface area (Å²) in [7, 11) is 0. The quantitative estimate of drug-likeness (QED) is 0.708. The summed E-state index contributed by atoms with van der Waals surface area (Å²) in [6.45, 7) is 4.56. The van der Waals surface area contributed by atoms with E-state index in [4.69, 9.17) is 4.74 Å². The summed E-state index contributed by atoms with van der Waals surface area (Å²) in [5, 5.41) is 21.3. The first-order valence-electron chi connectivity index (χ1n) is 11.5. The molecule has 0 aromatic heterocycles. The summed E-state index contributed by atoms with van der Waals surface area (Å²) in [5.41, 5.74) is -0.0975. The maximum absolute atomic E-state index is 12.1. The third kappa shape index (κ3) is 1.91. The zero-order valence-electron chi connectivity index (χ0n) is 17.4. The average Bonchev–Trinajstić information content (AvgIpc) is 3.32. The van der Waals surface area contributed by atoms with Crippen LogP contribution in [0.25, 0.3) is 0 Å². The van der Waals surface area contributed by atoms with Crippen LogP contribution in [0.5, 0.6) is 0 Å². The molecule has 5 heteroatoms. The number of epoxide rings is 1. The van der Waals surface area contributed by atoms with Gasteiger partial charge >= 0.3 is 5.97 Å². The Morgan fingerprint density at radius 2 is 2.00 bits per heavy atom. The molecule has 0 unspecified atom stereocenters. The van der Waals surface area contributed by atoms with Crippen LogP contribution < -0.4 is 0 Å². The maximum Gasteiger partial charge on any atom is 0.303 e. The van der Waals surface area contributed by atoms with Gasteiger partial charge in [-0.2, -0.15) is 0 Å². The summed E-state index contributed by atoms with van der Waals surface area (Å²) in [6, 6.07) is 0. The van der Waals surface area contributed by atoms with Crippen molar-refractivity contribution in [1.29, 1.82) is 0 Å². The van der Waals surface area contributed by atoms with Crippen LogP contribution in [0.3, 0.4) is 0 Å². The molecule has 0 aromatic rings. The minimum atomic E-state index is -0.892. The van der Waals surface area contributed by atoms with Crippen molar-refractivity contribution < 1.29 is 24.5 Å². The lowest BCUT2D eigenvalue weighted by molar-refractivity contribution is -0.149. The predicted molar refractivity (Wildman–Crippen MR) is 105 cm³/mol. The van der Waals surface area contributed by atoms with Crippen molar-refractivity contribution in [2.45, 2.75) is 88.9 Å². The van der Waals surface area contributed by atoms with E-state index in [1.54, 1.807) is 0 Å². The molecule has 4 saturated carbocycles. The molecule has 5 fully saturated rings. The number of aliphatic hydroxyl groups is 1. The number of ether oxygens (including phenoxy) is 1. The fourth-order valence-electron chi connectivity index (χ4n) is 9.28. The zero-order valence-corrected chi connectivity index (χ0v) is 17.4. The van der Waals surface area contributed by atoms with Crippen LogP contribution in [0.2, 0.25) is 0 Å². The molecule has 6 rings (SSSR count). The van der Waals surface area contributed by atoms with Crippen molar-refractivity contribution in [2.24, 2.45) is 34.5 Å². The van der Waals surface area contributed by atoms with E-state index >= 15 is 0 Å². The Morgan fingerprint density at radius 3 is 2.69 bits per heavy atom. The van der Waals surface area contributed by atoms with Gasteiger partial charge in [0.05, 0.1) is 11.7 Å². The van der Waals surface area contributed by atoms with Crippen molar-refractivity contribution in [1.82, 2.24) is 0 Å². The summed E-state index contributed by atoms with van der Waals surface area (Å²) in [5.74, 6) is 0.978. The fraction of sp³-hybridized carbons (Fsp3) is 0.833. The van der Waals surface area contributed by atoms with Gasteiger partial charge in [0.15, 0.2) is 5.78 Å². The Labute approximate surface area is 171 Å². The second-order valence-corrected chi connectivity index (χ2v) is 11.3. The van der Waals surface area contributed by atoms with Gasteiger partial charge in [-0.1, -0.05) is 19.4 Å². The van der Waals surface area contributed by atoms with Gasteiger partial charge in [0.2, 0.25) is 0 Å². The third-order valence-corrected chi connectivity index (χ3v) is 10.7. The molecule has 158 valence electrons. The molecule has 5 nitrogen and oxygen atoms in total. The summed E-state index contributed by atoms with van der Waals surface area (Å²) in [4.78, 5) is 23.4. The highest BCUT2D eigenvalue weighted by atomic mass is 16.6. The lowest BCUT2D eigenvalue weighted by atomic mass is 9.45. The monoisotopic (exact) mass is 400 g/mol. The number of aliphatic carboxylic acids is 1. The van der Waals surface area contributed by atoms with Gasteiger partial charge in [0.25, 0.3) is 0 Å². The highest BCUT2D eigenvalue weighted by molar-refractivity contribution is 5.91. The van der Waals surface area contributed by atoms with Crippen molar-refractivity contribution in [3.05, 3.63) is 11.6 Å². The van der Waals surface area contributed by atoms with E-state index in [-0.39, 0.29) is 40.7 Å². The van der Waals surface area contributed by atoms with Crippen LogP contribution in [0.15, 0.2) is 11.6 Å². The molecule has 1 spiro atoms. The molecular weight excluding hydrogens is 368 g/mol. The topological polar surface area (TPSA) is 87.1 Å². The van der Waals surface area contributed by atoms with Crippen molar-refractivity contribution in [3.63, 3.8) is 0 Å². The summed E-state index contributed by atoms with van der Waals surface area (Å²) >= 11 is 0. The Hall–Kier alpha value is -1.20. The van der Waals surface area contributed by atoms with Gasteiger partial charge in [-0.15, -0.1) is 0 Å². The number of carboxylic acid groups (broad SMARTS) is 1. The second-order valence-electron chi connectivity index (χ2n) is 11.3. The SMILES string of the molecule is C[C@]12CCC(=O)C=C1CC[C@H]1[C@@H]3[C@@H]4CC[C@@H]4[C@](O)(CCC(=O)O)[C@@]3(C)C[C@H]3O[C@]312. The molecule has 0 radical (unpaired) electrons. The molecule has 2 N–H and O–H groups in total. The Morgan fingerprint density at radius 1 is 1.21 bits per heavy atom. The number of carboxylic acids is 1. The van der Waals surface area contributed by atoms with E-state index in [2.05, 4.69) is 13.8 Å². The van der Waals surface area contributed by atoms with Crippen LogP contribution in [-0.2, 0) is 14.3 Å². The normalized spacial score (nSPS) is 56.7. The minimum absolute atomic E-state index is 0.0378. The molecule has 6 aliphatic rings. The molecule has 29 heavy (non-hydrogen) atoms. The van der Waals surface area contributed by atoms with Crippen molar-refractivity contribution in [3.8, 4) is 0 Å². The molecular formula is C24H32O5. The maximum atomic E-state index is 12.1. The number of fused-ring (bicyclic) bond motifs is 5. The number of carbonyl (C=O) groups is 2. The Bertz CT molecular complexity index is 848. The van der Waals surface area contributed by atoms with Crippen LogP contribution in [0.4, 0.5) is 0 Å². The third-order valence-electron chi connectivity index (χ3n) is 10.7. The number of carbonyl (C=O) groups excluding carboxylic acids is 1. The molecule has 1 saturated heterocycles. The Balaban J connectivity index is 1.42. The smallest absolute Gasteiger partial charge is 0.303 e. The van der Waals surface area contributed by atoms with E-state index in [0.717, 1.165) is 38.5 Å². The average molecular weight is 401 g/mol. The second kappa shape index (κ2) is 5.34. The van der Waals surface area contributed by atoms with Gasteiger partial charge in [-0.3, -0.25) is 9.59 Å². The van der Waals surface area contributed by atoms with Crippen LogP contribution in [-0.4, -0.2) is 39.3 Å². The van der Waals surface area contributed by atoms with E-state index in [9.17, 15) is 19.8 Å². The molecule has 0 bridgehead atoms. The molecule has 0 amide bonds. The van der Waals surface area contributed by atoms with Crippen molar-refractivity contribution >= 4 is 11.8 Å². The highest BCUT2D eigenvalue weighted by Gasteiger charge is 2.83. The predicted octanol–water partition coefficient (Wildman–Crippen LogP) is 3.49. The first-order valence-corrected chi connectivity index (χ1v) is 11.5. The number of hydrogen-bond donors (Lipinski definition) is 2. The number of hydrogen-bond acceptors (Lipinski definition) is 4. The largest absolute Gasteiger partial charge is 0.481 e. The molecule has 1 heterocycles. The van der Waals surface area contributed by atoms with Crippen molar-refractivity contribution in [2.75, 3.05) is 0 Å². The number of ketones is 1. The minimum Gasteiger partial charge on any atom is -0.481 e.